The van der Waals surface area contributed by atoms with Crippen molar-refractivity contribution >= 4 is 33.5 Å². The fraction of sp³-hybridized carbons (Fsp3) is 0.111. The Hall–Kier alpha value is -0.710. The Labute approximate surface area is 84.1 Å². The van der Waals surface area contributed by atoms with Crippen LogP contribution in [-0.4, -0.2) is 10.2 Å². The summed E-state index contributed by atoms with van der Waals surface area (Å²) in [7, 11) is 0. The maximum absolute atomic E-state index is 4.05. The minimum atomic E-state index is 0.974. The first-order valence-corrected chi connectivity index (χ1v) is 4.73. The normalized spacial score (nSPS) is 10.5. The lowest BCUT2D eigenvalue weighted by Gasteiger charge is -2.00. The molecular formula is C9H7IN2. The van der Waals surface area contributed by atoms with Gasteiger partial charge in [-0.3, -0.25) is 0 Å². The molecular weight excluding hydrogens is 263 g/mol. The van der Waals surface area contributed by atoms with Gasteiger partial charge in [-0.25, -0.2) is 0 Å². The Balaban J connectivity index is 2.89. The summed E-state index contributed by atoms with van der Waals surface area (Å²) in [6.45, 7) is 2.09. The van der Waals surface area contributed by atoms with E-state index in [0.29, 0.717) is 0 Å². The average Bonchev–Trinajstić information content (AvgIpc) is 2.04. The van der Waals surface area contributed by atoms with Crippen LogP contribution in [0.25, 0.3) is 10.9 Å². The zero-order valence-corrected chi connectivity index (χ0v) is 8.74. The van der Waals surface area contributed by atoms with Gasteiger partial charge in [0.2, 0.25) is 0 Å². The van der Waals surface area contributed by atoms with Gasteiger partial charge in [0.05, 0.1) is 11.7 Å². The van der Waals surface area contributed by atoms with Gasteiger partial charge in [-0.15, -0.1) is 0 Å². The molecule has 3 heteroatoms. The summed E-state index contributed by atoms with van der Waals surface area (Å²) in [5.74, 6) is 0. The largest absolute Gasteiger partial charge is 0.159 e. The number of aryl methyl sites for hydroxylation is 1. The molecule has 2 nitrogen and oxygen atoms in total. The summed E-state index contributed by atoms with van der Waals surface area (Å²) in [6.07, 6.45) is 1.72. The monoisotopic (exact) mass is 270 g/mol. The van der Waals surface area contributed by atoms with E-state index in [-0.39, 0.29) is 0 Å². The van der Waals surface area contributed by atoms with E-state index >= 15 is 0 Å². The molecule has 12 heavy (non-hydrogen) atoms. The molecule has 0 aliphatic rings. The Bertz CT molecular complexity index is 426. The van der Waals surface area contributed by atoms with Crippen LogP contribution >= 0.6 is 22.6 Å². The topological polar surface area (TPSA) is 25.8 Å². The standard InChI is InChI=1S/C9H7IN2/c1-6-4-7(10)5-9-8(6)2-3-11-12-9/h2-5H,1H3. The molecule has 0 amide bonds. The SMILES string of the molecule is Cc1cc(I)cc2nnccc12. The number of fused-ring (bicyclic) bond motifs is 1. The second kappa shape index (κ2) is 2.97. The average molecular weight is 270 g/mol. The van der Waals surface area contributed by atoms with Gasteiger partial charge in [-0.05, 0) is 53.3 Å². The predicted octanol–water partition coefficient (Wildman–Crippen LogP) is 2.54. The van der Waals surface area contributed by atoms with E-state index in [4.69, 9.17) is 0 Å². The molecule has 2 aromatic rings. The van der Waals surface area contributed by atoms with E-state index in [1.165, 1.54) is 14.5 Å². The number of benzene rings is 1. The molecule has 60 valence electrons. The molecule has 1 aromatic carbocycles. The van der Waals surface area contributed by atoms with Crippen molar-refractivity contribution in [2.75, 3.05) is 0 Å². The third kappa shape index (κ3) is 1.29. The number of hydrogen-bond donors (Lipinski definition) is 0. The molecule has 0 N–H and O–H groups in total. The smallest absolute Gasteiger partial charge is 0.0942 e. The van der Waals surface area contributed by atoms with Crippen molar-refractivity contribution in [1.29, 1.82) is 0 Å². The maximum atomic E-state index is 4.05. The molecule has 0 saturated heterocycles. The highest BCUT2D eigenvalue weighted by Gasteiger charge is 1.98. The molecule has 1 heterocycles. The molecule has 1 aromatic heterocycles. The molecule has 0 radical (unpaired) electrons. The highest BCUT2D eigenvalue weighted by atomic mass is 127. The molecule has 0 fully saturated rings. The zero-order valence-electron chi connectivity index (χ0n) is 6.58. The number of nitrogens with zero attached hydrogens (tertiary/aromatic N) is 2. The fourth-order valence-electron chi connectivity index (χ4n) is 1.24. The van der Waals surface area contributed by atoms with E-state index in [1.54, 1.807) is 6.20 Å². The summed E-state index contributed by atoms with van der Waals surface area (Å²) in [6, 6.07) is 6.17. The minimum absolute atomic E-state index is 0.974. The van der Waals surface area contributed by atoms with Gasteiger partial charge >= 0.3 is 0 Å². The molecule has 0 spiro atoms. The van der Waals surface area contributed by atoms with E-state index < -0.39 is 0 Å². The van der Waals surface area contributed by atoms with Crippen LogP contribution in [0.3, 0.4) is 0 Å². The van der Waals surface area contributed by atoms with Crippen LogP contribution in [0.4, 0.5) is 0 Å². The molecule has 0 aliphatic carbocycles. The zero-order chi connectivity index (χ0) is 8.55. The summed E-state index contributed by atoms with van der Waals surface area (Å²) in [5.41, 5.74) is 2.23. The van der Waals surface area contributed by atoms with E-state index in [2.05, 4.69) is 45.8 Å². The number of hydrogen-bond acceptors (Lipinski definition) is 2. The first-order chi connectivity index (χ1) is 5.77. The summed E-state index contributed by atoms with van der Waals surface area (Å²) in [4.78, 5) is 0. The van der Waals surface area contributed by atoms with Crippen LogP contribution in [0, 0.1) is 10.5 Å². The quantitative estimate of drug-likeness (QED) is 0.687. The van der Waals surface area contributed by atoms with Crippen molar-refractivity contribution in [2.24, 2.45) is 0 Å². The van der Waals surface area contributed by atoms with Crippen LogP contribution in [0.2, 0.25) is 0 Å². The van der Waals surface area contributed by atoms with Crippen LogP contribution in [-0.2, 0) is 0 Å². The van der Waals surface area contributed by atoms with Crippen molar-refractivity contribution in [3.8, 4) is 0 Å². The Kier molecular flexibility index (Phi) is 1.96. The Morgan fingerprint density at radius 1 is 1.33 bits per heavy atom. The van der Waals surface area contributed by atoms with Gasteiger partial charge in [-0.2, -0.15) is 10.2 Å². The van der Waals surface area contributed by atoms with Gasteiger partial charge in [-0.1, -0.05) is 0 Å². The first kappa shape index (κ1) is 7.91. The maximum Gasteiger partial charge on any atom is 0.0942 e. The van der Waals surface area contributed by atoms with Gasteiger partial charge in [0.1, 0.15) is 0 Å². The van der Waals surface area contributed by atoms with Crippen molar-refractivity contribution < 1.29 is 0 Å². The van der Waals surface area contributed by atoms with Gasteiger partial charge < -0.3 is 0 Å². The highest BCUT2D eigenvalue weighted by molar-refractivity contribution is 14.1. The van der Waals surface area contributed by atoms with Crippen LogP contribution in [0.1, 0.15) is 5.56 Å². The van der Waals surface area contributed by atoms with Crippen molar-refractivity contribution in [3.05, 3.63) is 33.5 Å². The molecule has 2 rings (SSSR count). The predicted molar refractivity (Wildman–Crippen MR) is 57.0 cm³/mol. The van der Waals surface area contributed by atoms with Crippen LogP contribution < -0.4 is 0 Å². The molecule has 0 atom stereocenters. The number of rotatable bonds is 0. The highest BCUT2D eigenvalue weighted by Crippen LogP contribution is 2.18. The second-order valence-electron chi connectivity index (χ2n) is 2.69. The molecule has 0 bridgehead atoms. The summed E-state index contributed by atoms with van der Waals surface area (Å²) in [5, 5.41) is 9.08. The third-order valence-corrected chi connectivity index (χ3v) is 2.43. The Morgan fingerprint density at radius 2 is 2.17 bits per heavy atom. The van der Waals surface area contributed by atoms with Crippen molar-refractivity contribution in [1.82, 2.24) is 10.2 Å². The van der Waals surface area contributed by atoms with E-state index in [0.717, 1.165) is 5.52 Å². The lowest BCUT2D eigenvalue weighted by Crippen LogP contribution is -1.86. The molecule has 0 saturated carbocycles. The lowest BCUT2D eigenvalue weighted by atomic mass is 10.1. The minimum Gasteiger partial charge on any atom is -0.159 e. The first-order valence-electron chi connectivity index (χ1n) is 3.65. The van der Waals surface area contributed by atoms with Crippen LogP contribution in [0.5, 0.6) is 0 Å². The van der Waals surface area contributed by atoms with Gasteiger partial charge in [0.25, 0.3) is 0 Å². The second-order valence-corrected chi connectivity index (χ2v) is 3.93. The van der Waals surface area contributed by atoms with Crippen LogP contribution in [0.15, 0.2) is 24.4 Å². The third-order valence-electron chi connectivity index (χ3n) is 1.80. The van der Waals surface area contributed by atoms with E-state index in [9.17, 15) is 0 Å². The lowest BCUT2D eigenvalue weighted by molar-refractivity contribution is 1.07. The van der Waals surface area contributed by atoms with Gasteiger partial charge in [0.15, 0.2) is 0 Å². The Morgan fingerprint density at radius 3 is 3.00 bits per heavy atom. The summed E-state index contributed by atoms with van der Waals surface area (Å²) >= 11 is 2.29. The molecule has 0 unspecified atom stereocenters. The number of halogens is 1. The fourth-order valence-corrected chi connectivity index (χ4v) is 2.00. The van der Waals surface area contributed by atoms with Gasteiger partial charge in [0, 0.05) is 8.96 Å². The summed E-state index contributed by atoms with van der Waals surface area (Å²) < 4.78 is 1.21. The van der Waals surface area contributed by atoms with Crippen molar-refractivity contribution in [2.45, 2.75) is 6.92 Å². The molecule has 0 aliphatic heterocycles. The van der Waals surface area contributed by atoms with E-state index in [1.807, 2.05) is 12.1 Å². The van der Waals surface area contributed by atoms with Crippen molar-refractivity contribution in [3.63, 3.8) is 0 Å². The number of aromatic nitrogens is 2.